The molecule has 1 aromatic heterocycles. The van der Waals surface area contributed by atoms with E-state index in [1.165, 1.54) is 4.31 Å². The van der Waals surface area contributed by atoms with Crippen molar-refractivity contribution in [1.82, 2.24) is 14.2 Å². The van der Waals surface area contributed by atoms with E-state index in [2.05, 4.69) is 5.32 Å². The molecule has 1 atom stereocenters. The fourth-order valence-electron chi connectivity index (χ4n) is 4.52. The van der Waals surface area contributed by atoms with Crippen LogP contribution in [0.15, 0.2) is 35.2 Å². The molecular weight excluding hydrogens is 442 g/mol. The molecular formula is C24H33N3O5S. The number of benzene rings is 1. The van der Waals surface area contributed by atoms with Crippen molar-refractivity contribution in [1.29, 1.82) is 0 Å². The summed E-state index contributed by atoms with van der Waals surface area (Å²) in [5.74, 6) is -1.25. The van der Waals surface area contributed by atoms with Crippen LogP contribution in [0.1, 0.15) is 54.0 Å². The van der Waals surface area contributed by atoms with Crippen LogP contribution in [0.3, 0.4) is 0 Å². The van der Waals surface area contributed by atoms with Gasteiger partial charge in [0.15, 0.2) is 0 Å². The second kappa shape index (κ2) is 10.5. The molecule has 180 valence electrons. The lowest BCUT2D eigenvalue weighted by Crippen LogP contribution is -2.45. The third kappa shape index (κ3) is 5.14. The van der Waals surface area contributed by atoms with Crippen LogP contribution in [0.5, 0.6) is 0 Å². The highest BCUT2D eigenvalue weighted by atomic mass is 32.2. The number of ether oxygens (including phenoxy) is 1. The smallest absolute Gasteiger partial charge is 0.341 e. The number of aromatic nitrogens is 1. The molecule has 0 bridgehead atoms. The molecule has 1 aliphatic heterocycles. The fraction of sp³-hybridized carbons (Fsp3) is 0.500. The van der Waals surface area contributed by atoms with Crippen molar-refractivity contribution in [2.24, 2.45) is 5.92 Å². The number of nitrogens with zero attached hydrogens (tertiary/aromatic N) is 2. The van der Waals surface area contributed by atoms with E-state index in [0.29, 0.717) is 43.9 Å². The van der Waals surface area contributed by atoms with Crippen molar-refractivity contribution < 1.29 is 22.7 Å². The van der Waals surface area contributed by atoms with Gasteiger partial charge in [0.1, 0.15) is 10.5 Å². The molecule has 1 aromatic carbocycles. The Labute approximate surface area is 196 Å². The van der Waals surface area contributed by atoms with Crippen LogP contribution in [-0.4, -0.2) is 48.9 Å². The number of hydrogen-bond acceptors (Lipinski definition) is 5. The SMILES string of the molecule is CCOC(=O)c1c(S(=O)(=O)N2CCC[C@H](C(=O)NCc3ccccc3)C2)c(C)n(CC)c1C. The Balaban J connectivity index is 1.85. The van der Waals surface area contributed by atoms with E-state index < -0.39 is 21.9 Å². The maximum Gasteiger partial charge on any atom is 0.341 e. The quantitative estimate of drug-likeness (QED) is 0.592. The maximum atomic E-state index is 13.7. The number of amides is 1. The molecule has 1 N–H and O–H groups in total. The Morgan fingerprint density at radius 1 is 1.12 bits per heavy atom. The first-order chi connectivity index (χ1) is 15.7. The van der Waals surface area contributed by atoms with Crippen molar-refractivity contribution in [3.63, 3.8) is 0 Å². The molecule has 9 heteroatoms. The number of carbonyl (C=O) groups excluding carboxylic acids is 2. The summed E-state index contributed by atoms with van der Waals surface area (Å²) in [5, 5.41) is 2.92. The van der Waals surface area contributed by atoms with Gasteiger partial charge in [-0.05, 0) is 46.1 Å². The summed E-state index contributed by atoms with van der Waals surface area (Å²) < 4.78 is 35.8. The standard InChI is InChI=1S/C24H33N3O5S/c1-5-27-17(3)21(24(29)32-6-2)22(18(27)4)33(30,31)26-14-10-13-20(16-26)23(28)25-15-19-11-8-7-9-12-19/h7-9,11-12,20H,5-6,10,13-16H2,1-4H3,(H,25,28)/t20-/m0/s1. The molecule has 1 amide bonds. The van der Waals surface area contributed by atoms with E-state index in [1.807, 2.05) is 41.8 Å². The van der Waals surface area contributed by atoms with Gasteiger partial charge in [-0.15, -0.1) is 0 Å². The summed E-state index contributed by atoms with van der Waals surface area (Å²) in [6.07, 6.45) is 1.19. The molecule has 2 heterocycles. The Hall–Kier alpha value is -2.65. The number of hydrogen-bond donors (Lipinski definition) is 1. The van der Waals surface area contributed by atoms with Gasteiger partial charge in [0, 0.05) is 37.6 Å². The van der Waals surface area contributed by atoms with Crippen molar-refractivity contribution in [2.45, 2.75) is 58.5 Å². The first kappa shape index (κ1) is 25.0. The summed E-state index contributed by atoms with van der Waals surface area (Å²) in [4.78, 5) is 25.5. The van der Waals surface area contributed by atoms with Gasteiger partial charge in [0.05, 0.1) is 12.5 Å². The molecule has 8 nitrogen and oxygen atoms in total. The number of sulfonamides is 1. The first-order valence-corrected chi connectivity index (χ1v) is 12.8. The molecule has 1 fully saturated rings. The van der Waals surface area contributed by atoms with Crippen molar-refractivity contribution in [2.75, 3.05) is 19.7 Å². The molecule has 1 saturated heterocycles. The minimum Gasteiger partial charge on any atom is -0.462 e. The Morgan fingerprint density at radius 2 is 1.82 bits per heavy atom. The first-order valence-electron chi connectivity index (χ1n) is 11.4. The summed E-state index contributed by atoms with van der Waals surface area (Å²) in [6.45, 7) is 8.51. The highest BCUT2D eigenvalue weighted by molar-refractivity contribution is 7.89. The molecule has 3 rings (SSSR count). The van der Waals surface area contributed by atoms with Gasteiger partial charge in [-0.25, -0.2) is 13.2 Å². The van der Waals surface area contributed by atoms with Crippen LogP contribution in [-0.2, 0) is 32.6 Å². The lowest BCUT2D eigenvalue weighted by Gasteiger charge is -2.31. The van der Waals surface area contributed by atoms with E-state index in [4.69, 9.17) is 4.74 Å². The van der Waals surface area contributed by atoms with Crippen LogP contribution in [0.4, 0.5) is 0 Å². The predicted molar refractivity (Wildman–Crippen MR) is 125 cm³/mol. The molecule has 0 spiro atoms. The van der Waals surface area contributed by atoms with Crippen LogP contribution in [0.25, 0.3) is 0 Å². The molecule has 0 saturated carbocycles. The van der Waals surface area contributed by atoms with Gasteiger partial charge in [0.25, 0.3) is 0 Å². The van der Waals surface area contributed by atoms with Gasteiger partial charge < -0.3 is 14.6 Å². The number of rotatable bonds is 8. The minimum atomic E-state index is -4.00. The van der Waals surface area contributed by atoms with Gasteiger partial charge in [-0.1, -0.05) is 30.3 Å². The van der Waals surface area contributed by atoms with Gasteiger partial charge in [-0.2, -0.15) is 4.31 Å². The number of piperidine rings is 1. The van der Waals surface area contributed by atoms with Crippen molar-refractivity contribution in [3.8, 4) is 0 Å². The van der Waals surface area contributed by atoms with Crippen LogP contribution < -0.4 is 5.32 Å². The number of carbonyl (C=O) groups is 2. The van der Waals surface area contributed by atoms with Crippen molar-refractivity contribution >= 4 is 21.9 Å². The second-order valence-electron chi connectivity index (χ2n) is 8.25. The zero-order valence-electron chi connectivity index (χ0n) is 19.8. The summed E-state index contributed by atoms with van der Waals surface area (Å²) in [6, 6.07) is 9.58. The Bertz CT molecular complexity index is 1110. The van der Waals surface area contributed by atoms with E-state index in [9.17, 15) is 18.0 Å². The zero-order valence-corrected chi connectivity index (χ0v) is 20.6. The normalized spacial score (nSPS) is 17.0. The number of esters is 1. The second-order valence-corrected chi connectivity index (χ2v) is 10.1. The summed E-state index contributed by atoms with van der Waals surface area (Å²) in [7, 11) is -4.00. The Morgan fingerprint density at radius 3 is 2.45 bits per heavy atom. The summed E-state index contributed by atoms with van der Waals surface area (Å²) >= 11 is 0. The van der Waals surface area contributed by atoms with Crippen molar-refractivity contribution in [3.05, 3.63) is 52.8 Å². The largest absolute Gasteiger partial charge is 0.462 e. The maximum absolute atomic E-state index is 13.7. The van der Waals surface area contributed by atoms with E-state index in [1.54, 1.807) is 20.8 Å². The van der Waals surface area contributed by atoms with E-state index in [0.717, 1.165) is 5.56 Å². The fourth-order valence-corrected chi connectivity index (χ4v) is 6.50. The number of nitrogens with one attached hydrogen (secondary N) is 1. The highest BCUT2D eigenvalue weighted by Gasteiger charge is 2.39. The monoisotopic (exact) mass is 475 g/mol. The van der Waals surface area contributed by atoms with Gasteiger partial charge >= 0.3 is 5.97 Å². The molecule has 2 aromatic rings. The zero-order chi connectivity index (χ0) is 24.2. The lowest BCUT2D eigenvalue weighted by atomic mass is 9.99. The molecule has 0 unspecified atom stereocenters. The highest BCUT2D eigenvalue weighted by Crippen LogP contribution is 2.32. The average molecular weight is 476 g/mol. The topological polar surface area (TPSA) is 97.7 Å². The van der Waals surface area contributed by atoms with Gasteiger partial charge in [0.2, 0.25) is 15.9 Å². The third-order valence-corrected chi connectivity index (χ3v) is 8.21. The average Bonchev–Trinajstić information content (AvgIpc) is 3.08. The molecule has 0 radical (unpaired) electrons. The van der Waals surface area contributed by atoms with E-state index >= 15 is 0 Å². The molecule has 1 aliphatic rings. The third-order valence-electron chi connectivity index (χ3n) is 6.19. The van der Waals surface area contributed by atoms with E-state index in [-0.39, 0.29) is 29.5 Å². The van der Waals surface area contributed by atoms with Crippen LogP contribution in [0.2, 0.25) is 0 Å². The van der Waals surface area contributed by atoms with Crippen LogP contribution in [0, 0.1) is 19.8 Å². The molecule has 33 heavy (non-hydrogen) atoms. The van der Waals surface area contributed by atoms with Gasteiger partial charge in [-0.3, -0.25) is 4.79 Å². The lowest BCUT2D eigenvalue weighted by molar-refractivity contribution is -0.126. The predicted octanol–water partition coefficient (Wildman–Crippen LogP) is 3.02. The minimum absolute atomic E-state index is 0.00866. The molecule has 0 aliphatic carbocycles. The van der Waals surface area contributed by atoms with Crippen LogP contribution >= 0.6 is 0 Å². The Kier molecular flexibility index (Phi) is 7.97. The summed E-state index contributed by atoms with van der Waals surface area (Å²) in [5.41, 5.74) is 2.15.